The van der Waals surface area contributed by atoms with Gasteiger partial charge in [-0.15, -0.1) is 0 Å². The summed E-state index contributed by atoms with van der Waals surface area (Å²) in [7, 11) is 0. The van der Waals surface area contributed by atoms with Crippen molar-refractivity contribution in [2.24, 2.45) is 5.92 Å². The van der Waals surface area contributed by atoms with Gasteiger partial charge in [0.25, 0.3) is 5.56 Å². The third-order valence-corrected chi connectivity index (χ3v) is 3.63. The molecule has 0 aliphatic carbocycles. The van der Waals surface area contributed by atoms with E-state index in [9.17, 15) is 9.59 Å². The molecule has 4 heteroatoms. The predicted molar refractivity (Wildman–Crippen MR) is 59.2 cm³/mol. The number of hydrogen-bond acceptors (Lipinski definition) is 2. The van der Waals surface area contributed by atoms with Gasteiger partial charge in [-0.3, -0.25) is 9.59 Å². The first kappa shape index (κ1) is 9.63. The molecule has 3 rings (SSSR count). The number of rotatable bonds is 1. The second-order valence-corrected chi connectivity index (χ2v) is 4.74. The highest BCUT2D eigenvalue weighted by atomic mass is 16.1. The average Bonchev–Trinajstić information content (AvgIpc) is 2.28. The van der Waals surface area contributed by atoms with Gasteiger partial charge in [-0.25, -0.2) is 0 Å². The zero-order chi connectivity index (χ0) is 11.1. The van der Waals surface area contributed by atoms with E-state index >= 15 is 0 Å². The molecule has 0 aromatic carbocycles. The molecule has 4 nitrogen and oxygen atoms in total. The molecular weight excluding hydrogens is 204 g/mol. The predicted octanol–water partition coefficient (Wildman–Crippen LogP) is 0.424. The summed E-state index contributed by atoms with van der Waals surface area (Å²) in [6.45, 7) is 1.51. The van der Waals surface area contributed by atoms with E-state index in [1.165, 1.54) is 0 Å². The van der Waals surface area contributed by atoms with E-state index in [0.717, 1.165) is 31.5 Å². The molecule has 2 bridgehead atoms. The number of pyridine rings is 1. The Kier molecular flexibility index (Phi) is 2.09. The maximum atomic E-state index is 11.8. The quantitative estimate of drug-likeness (QED) is 0.641. The van der Waals surface area contributed by atoms with Crippen LogP contribution in [-0.4, -0.2) is 29.0 Å². The Bertz CT molecular complexity index is 480. The number of amides is 1. The molecule has 2 aliphatic rings. The van der Waals surface area contributed by atoms with Crippen molar-refractivity contribution in [1.29, 1.82) is 0 Å². The molecule has 84 valence electrons. The third-order valence-electron chi connectivity index (χ3n) is 3.63. The third kappa shape index (κ3) is 1.37. The number of aromatic nitrogens is 1. The second-order valence-electron chi connectivity index (χ2n) is 4.74. The van der Waals surface area contributed by atoms with Gasteiger partial charge in [-0.2, -0.15) is 0 Å². The second kappa shape index (κ2) is 3.47. The van der Waals surface area contributed by atoms with Gasteiger partial charge in [-0.05, 0) is 24.8 Å². The lowest BCUT2D eigenvalue weighted by atomic mass is 9.86. The fraction of sp³-hybridized carbons (Fsp3) is 0.500. The maximum Gasteiger partial charge on any atom is 0.251 e. The van der Waals surface area contributed by atoms with Crippen LogP contribution in [0.25, 0.3) is 0 Å². The monoisotopic (exact) mass is 218 g/mol. The fourth-order valence-corrected chi connectivity index (χ4v) is 3.05. The lowest BCUT2D eigenvalue weighted by Gasteiger charge is -2.41. The molecule has 16 heavy (non-hydrogen) atoms. The minimum atomic E-state index is 0.0636. The minimum Gasteiger partial charge on any atom is -0.343 e. The molecule has 2 atom stereocenters. The first-order chi connectivity index (χ1) is 7.78. The standard InChI is InChI=1S/C12H14N2O2/c15-8-13-6-9-4-10-2-1-3-12(16)14(10)11(5-9)7-13/h1-3,8-9,11H,4-7H2/t9-,11+/m0/s1. The summed E-state index contributed by atoms with van der Waals surface area (Å²) in [6.07, 6.45) is 2.84. The van der Waals surface area contributed by atoms with Crippen molar-refractivity contribution < 1.29 is 4.79 Å². The molecule has 2 aliphatic heterocycles. The Labute approximate surface area is 93.5 Å². The number of carbonyl (C=O) groups is 1. The molecule has 0 unspecified atom stereocenters. The summed E-state index contributed by atoms with van der Waals surface area (Å²) in [5, 5.41) is 0. The van der Waals surface area contributed by atoms with Crippen LogP contribution in [0, 0.1) is 5.92 Å². The van der Waals surface area contributed by atoms with Crippen molar-refractivity contribution in [2.45, 2.75) is 18.9 Å². The van der Waals surface area contributed by atoms with Crippen molar-refractivity contribution >= 4 is 6.41 Å². The number of hydrogen-bond donors (Lipinski definition) is 0. The van der Waals surface area contributed by atoms with Crippen LogP contribution in [0.4, 0.5) is 0 Å². The highest BCUT2D eigenvalue weighted by Crippen LogP contribution is 2.32. The summed E-state index contributed by atoms with van der Waals surface area (Å²) in [6, 6.07) is 5.63. The largest absolute Gasteiger partial charge is 0.343 e. The Morgan fingerprint density at radius 3 is 3.00 bits per heavy atom. The first-order valence-corrected chi connectivity index (χ1v) is 5.67. The zero-order valence-electron chi connectivity index (χ0n) is 9.00. The van der Waals surface area contributed by atoms with E-state index in [1.54, 1.807) is 11.0 Å². The lowest BCUT2D eigenvalue weighted by molar-refractivity contribution is -0.121. The molecule has 0 N–H and O–H groups in total. The summed E-state index contributed by atoms with van der Waals surface area (Å²) in [5.74, 6) is 0.519. The van der Waals surface area contributed by atoms with Crippen LogP contribution in [0.15, 0.2) is 23.0 Å². The van der Waals surface area contributed by atoms with E-state index in [0.29, 0.717) is 12.5 Å². The normalized spacial score (nSPS) is 27.4. The highest BCUT2D eigenvalue weighted by molar-refractivity contribution is 5.47. The maximum absolute atomic E-state index is 11.8. The highest BCUT2D eigenvalue weighted by Gasteiger charge is 2.33. The van der Waals surface area contributed by atoms with Crippen molar-refractivity contribution in [3.63, 3.8) is 0 Å². The first-order valence-electron chi connectivity index (χ1n) is 5.67. The van der Waals surface area contributed by atoms with E-state index < -0.39 is 0 Å². The Morgan fingerprint density at radius 2 is 2.19 bits per heavy atom. The van der Waals surface area contributed by atoms with Gasteiger partial charge >= 0.3 is 0 Å². The summed E-state index contributed by atoms with van der Waals surface area (Å²) >= 11 is 0. The van der Waals surface area contributed by atoms with Gasteiger partial charge < -0.3 is 9.47 Å². The summed E-state index contributed by atoms with van der Waals surface area (Å²) in [4.78, 5) is 24.4. The van der Waals surface area contributed by atoms with Gasteiger partial charge in [-0.1, -0.05) is 6.07 Å². The van der Waals surface area contributed by atoms with E-state index in [1.807, 2.05) is 16.7 Å². The number of nitrogens with zero attached hydrogens (tertiary/aromatic N) is 2. The molecule has 1 amide bonds. The number of piperidine rings is 1. The van der Waals surface area contributed by atoms with Crippen molar-refractivity contribution in [1.82, 2.24) is 9.47 Å². The smallest absolute Gasteiger partial charge is 0.251 e. The SMILES string of the molecule is O=CN1C[C@H]2Cc3cccc(=O)n3[C@H](C2)C1. The Hall–Kier alpha value is -1.58. The van der Waals surface area contributed by atoms with Crippen molar-refractivity contribution in [3.05, 3.63) is 34.2 Å². The number of likely N-dealkylation sites (tertiary alicyclic amines) is 1. The van der Waals surface area contributed by atoms with Crippen molar-refractivity contribution in [3.8, 4) is 0 Å². The van der Waals surface area contributed by atoms with Crippen LogP contribution >= 0.6 is 0 Å². The molecule has 1 aromatic rings. The van der Waals surface area contributed by atoms with E-state index in [2.05, 4.69) is 0 Å². The molecule has 1 fully saturated rings. The van der Waals surface area contributed by atoms with Crippen molar-refractivity contribution in [2.75, 3.05) is 13.1 Å². The average molecular weight is 218 g/mol. The molecule has 0 radical (unpaired) electrons. The summed E-state index contributed by atoms with van der Waals surface area (Å²) in [5.41, 5.74) is 1.19. The van der Waals surface area contributed by atoms with Gasteiger partial charge in [0.2, 0.25) is 6.41 Å². The number of carbonyl (C=O) groups excluding carboxylic acids is 1. The molecule has 1 saturated heterocycles. The van der Waals surface area contributed by atoms with Crippen LogP contribution in [0.2, 0.25) is 0 Å². The van der Waals surface area contributed by atoms with Crippen LogP contribution < -0.4 is 5.56 Å². The fourth-order valence-electron chi connectivity index (χ4n) is 3.05. The lowest BCUT2D eigenvalue weighted by Crippen LogP contribution is -2.47. The topological polar surface area (TPSA) is 42.3 Å². The minimum absolute atomic E-state index is 0.0636. The molecule has 3 heterocycles. The Balaban J connectivity index is 2.06. The number of fused-ring (bicyclic) bond motifs is 4. The van der Waals surface area contributed by atoms with Crippen LogP contribution in [0.3, 0.4) is 0 Å². The van der Waals surface area contributed by atoms with Crippen LogP contribution in [0.5, 0.6) is 0 Å². The molecular formula is C12H14N2O2. The summed E-state index contributed by atoms with van der Waals surface area (Å²) < 4.78 is 1.87. The van der Waals surface area contributed by atoms with Gasteiger partial charge in [0.05, 0.1) is 6.04 Å². The van der Waals surface area contributed by atoms with Gasteiger partial charge in [0.15, 0.2) is 0 Å². The molecule has 0 spiro atoms. The van der Waals surface area contributed by atoms with Gasteiger partial charge in [0, 0.05) is 24.8 Å². The Morgan fingerprint density at radius 1 is 1.31 bits per heavy atom. The zero-order valence-corrected chi connectivity index (χ0v) is 9.00. The van der Waals surface area contributed by atoms with E-state index in [4.69, 9.17) is 0 Å². The van der Waals surface area contributed by atoms with E-state index in [-0.39, 0.29) is 11.6 Å². The molecule has 0 saturated carbocycles. The van der Waals surface area contributed by atoms with Crippen LogP contribution in [-0.2, 0) is 11.2 Å². The van der Waals surface area contributed by atoms with Gasteiger partial charge in [0.1, 0.15) is 0 Å². The molecule has 1 aromatic heterocycles. The van der Waals surface area contributed by atoms with Crippen LogP contribution in [0.1, 0.15) is 18.2 Å².